The van der Waals surface area contributed by atoms with Crippen LogP contribution in [0.1, 0.15) is 59.5 Å². The lowest BCUT2D eigenvalue weighted by Gasteiger charge is -2.28. The highest BCUT2D eigenvalue weighted by Gasteiger charge is 2.31. The highest BCUT2D eigenvalue weighted by atomic mass is 16.5. The van der Waals surface area contributed by atoms with E-state index in [1.807, 2.05) is 42.3 Å². The molecule has 5 rings (SSSR count). The molecule has 9 nitrogen and oxygen atoms in total. The molecule has 39 heavy (non-hydrogen) atoms. The van der Waals surface area contributed by atoms with Gasteiger partial charge in [0.05, 0.1) is 6.54 Å². The summed E-state index contributed by atoms with van der Waals surface area (Å²) in [5.41, 5.74) is 9.70. The number of carboxylic acid groups (broad SMARTS) is 1. The first-order chi connectivity index (χ1) is 18.9. The number of amides is 1. The Balaban J connectivity index is 1.27. The average molecular weight is 530 g/mol. The summed E-state index contributed by atoms with van der Waals surface area (Å²) in [6.07, 6.45) is 4.91. The summed E-state index contributed by atoms with van der Waals surface area (Å²) in [5.74, 6) is 0.428. The number of nitrogen functional groups attached to an aromatic ring is 1. The first-order valence-corrected chi connectivity index (χ1v) is 13.6. The molecule has 0 bridgehead atoms. The molecule has 1 saturated carbocycles. The zero-order valence-corrected chi connectivity index (χ0v) is 22.3. The van der Waals surface area contributed by atoms with Gasteiger partial charge < -0.3 is 25.4 Å². The zero-order valence-electron chi connectivity index (χ0n) is 22.3. The fourth-order valence-corrected chi connectivity index (χ4v) is 5.55. The lowest BCUT2D eigenvalue weighted by molar-refractivity contribution is -0.138. The summed E-state index contributed by atoms with van der Waals surface area (Å²) in [6, 6.07) is 18.2. The third-order valence-electron chi connectivity index (χ3n) is 7.81. The van der Waals surface area contributed by atoms with Gasteiger partial charge in [0.2, 0.25) is 11.8 Å². The Bertz CT molecular complexity index is 1310. The monoisotopic (exact) mass is 529 g/mol. The second kappa shape index (κ2) is 11.7. The number of carbonyl (C=O) groups excluding carboxylic acids is 1. The maximum Gasteiger partial charge on any atom is 0.303 e. The smallest absolute Gasteiger partial charge is 0.303 e. The highest BCUT2D eigenvalue weighted by Crippen LogP contribution is 2.38. The van der Waals surface area contributed by atoms with Crippen LogP contribution in [0.15, 0.2) is 54.6 Å². The molecule has 2 aliphatic rings. The van der Waals surface area contributed by atoms with Crippen LogP contribution in [0, 0.1) is 5.92 Å². The normalized spacial score (nSPS) is 19.1. The number of aliphatic carboxylic acids is 1. The lowest BCUT2D eigenvalue weighted by atomic mass is 9.77. The summed E-state index contributed by atoms with van der Waals surface area (Å²) < 4.78 is 5.90. The van der Waals surface area contributed by atoms with Gasteiger partial charge in [0, 0.05) is 25.7 Å². The Morgan fingerprint density at radius 3 is 2.49 bits per heavy atom. The largest absolute Gasteiger partial charge is 0.481 e. The van der Waals surface area contributed by atoms with Crippen LogP contribution in [0.25, 0.3) is 0 Å². The second-order valence-corrected chi connectivity index (χ2v) is 10.5. The number of anilines is 3. The molecule has 2 aromatic carbocycles. The van der Waals surface area contributed by atoms with E-state index < -0.39 is 5.97 Å². The van der Waals surface area contributed by atoms with E-state index in [9.17, 15) is 9.59 Å². The third kappa shape index (κ3) is 6.13. The molecular formula is C30H35N5O4. The standard InChI is InChI=1S/C30H35N5O4/c1-34(16-15-20-5-3-2-4-6-20)30-32-27(31)26-28(33-30)39-18-17-35(29(26)38)24-13-11-23(12-14-24)22-9-7-21(8-10-22)19-25(36)37/h2-6,11-14,21-22H,7-10,15-19H2,1H3,(H,36,37)(H2,31,32,33)/t21-,22-. The van der Waals surface area contributed by atoms with Gasteiger partial charge in [-0.05, 0) is 67.2 Å². The van der Waals surface area contributed by atoms with Crippen molar-refractivity contribution in [1.29, 1.82) is 0 Å². The summed E-state index contributed by atoms with van der Waals surface area (Å²) in [7, 11) is 1.90. The molecule has 0 radical (unpaired) electrons. The van der Waals surface area contributed by atoms with Crippen molar-refractivity contribution in [3.05, 3.63) is 71.3 Å². The van der Waals surface area contributed by atoms with Gasteiger partial charge in [-0.3, -0.25) is 9.59 Å². The van der Waals surface area contributed by atoms with Crippen LogP contribution in [0.4, 0.5) is 17.5 Å². The minimum absolute atomic E-state index is 0.105. The van der Waals surface area contributed by atoms with E-state index in [0.717, 1.165) is 37.8 Å². The molecule has 1 aromatic heterocycles. The number of rotatable bonds is 8. The Hall–Kier alpha value is -4.14. The molecule has 2 heterocycles. The molecule has 0 spiro atoms. The molecule has 3 aromatic rings. The molecule has 0 saturated heterocycles. The Labute approximate surface area is 228 Å². The molecule has 0 atom stereocenters. The number of hydrogen-bond acceptors (Lipinski definition) is 7. The predicted octanol–water partition coefficient (Wildman–Crippen LogP) is 4.53. The number of aromatic nitrogens is 2. The van der Waals surface area contributed by atoms with Crippen LogP contribution in [0.5, 0.6) is 5.88 Å². The number of benzene rings is 2. The zero-order chi connectivity index (χ0) is 27.4. The molecule has 1 fully saturated rings. The Morgan fingerprint density at radius 2 is 1.79 bits per heavy atom. The van der Waals surface area contributed by atoms with Crippen molar-refractivity contribution in [2.24, 2.45) is 5.92 Å². The van der Waals surface area contributed by atoms with E-state index in [4.69, 9.17) is 15.6 Å². The van der Waals surface area contributed by atoms with E-state index >= 15 is 0 Å². The number of hydrogen-bond donors (Lipinski definition) is 2. The van der Waals surface area contributed by atoms with Gasteiger partial charge in [-0.1, -0.05) is 42.5 Å². The minimum atomic E-state index is -0.715. The first-order valence-electron chi connectivity index (χ1n) is 13.6. The van der Waals surface area contributed by atoms with Gasteiger partial charge in [-0.15, -0.1) is 0 Å². The Morgan fingerprint density at radius 1 is 1.08 bits per heavy atom. The summed E-state index contributed by atoms with van der Waals surface area (Å²) in [4.78, 5) is 37.2. The lowest BCUT2D eigenvalue weighted by Crippen LogP contribution is -2.33. The molecule has 1 aliphatic heterocycles. The van der Waals surface area contributed by atoms with Crippen LogP contribution in [0.2, 0.25) is 0 Å². The van der Waals surface area contributed by atoms with Gasteiger partial charge >= 0.3 is 5.97 Å². The maximum atomic E-state index is 13.6. The Kier molecular flexibility index (Phi) is 7.95. The number of carbonyl (C=O) groups is 2. The predicted molar refractivity (Wildman–Crippen MR) is 150 cm³/mol. The van der Waals surface area contributed by atoms with E-state index in [2.05, 4.69) is 34.2 Å². The van der Waals surface area contributed by atoms with E-state index in [-0.39, 0.29) is 42.1 Å². The van der Waals surface area contributed by atoms with Crippen LogP contribution < -0.4 is 20.3 Å². The molecule has 204 valence electrons. The summed E-state index contributed by atoms with van der Waals surface area (Å²) in [5, 5.41) is 9.06. The first kappa shape index (κ1) is 26.5. The average Bonchev–Trinajstić information content (AvgIpc) is 3.11. The third-order valence-corrected chi connectivity index (χ3v) is 7.81. The van der Waals surface area contributed by atoms with Gasteiger partial charge in [0.15, 0.2) is 0 Å². The van der Waals surface area contributed by atoms with Crippen LogP contribution in [0.3, 0.4) is 0 Å². The molecular weight excluding hydrogens is 494 g/mol. The molecule has 1 aliphatic carbocycles. The molecule has 0 unspecified atom stereocenters. The van der Waals surface area contributed by atoms with Crippen molar-refractivity contribution < 1.29 is 19.4 Å². The highest BCUT2D eigenvalue weighted by molar-refractivity contribution is 6.10. The maximum absolute atomic E-state index is 13.6. The molecule has 1 amide bonds. The van der Waals surface area contributed by atoms with Gasteiger partial charge in [0.1, 0.15) is 18.0 Å². The molecule has 9 heteroatoms. The van der Waals surface area contributed by atoms with Crippen molar-refractivity contribution in [2.45, 2.75) is 44.4 Å². The van der Waals surface area contributed by atoms with Gasteiger partial charge in [0.25, 0.3) is 5.91 Å². The number of nitrogens with zero attached hydrogens (tertiary/aromatic N) is 4. The fraction of sp³-hybridized carbons (Fsp3) is 0.400. The second-order valence-electron chi connectivity index (χ2n) is 10.5. The molecule has 3 N–H and O–H groups in total. The number of likely N-dealkylation sites (N-methyl/N-ethyl adjacent to an activating group) is 1. The van der Waals surface area contributed by atoms with Crippen LogP contribution in [-0.2, 0) is 11.2 Å². The van der Waals surface area contributed by atoms with E-state index in [1.165, 1.54) is 11.1 Å². The number of carboxylic acids is 1. The van der Waals surface area contributed by atoms with E-state index in [1.54, 1.807) is 4.90 Å². The summed E-state index contributed by atoms with van der Waals surface area (Å²) in [6.45, 7) is 1.35. The SMILES string of the molecule is CN(CCc1ccccc1)c1nc(N)c2c(n1)OCCN(c1ccc([C@H]3CC[C@H](CC(=O)O)CC3)cc1)C2=O. The van der Waals surface area contributed by atoms with Crippen molar-refractivity contribution in [1.82, 2.24) is 9.97 Å². The number of ether oxygens (including phenoxy) is 1. The minimum Gasteiger partial charge on any atom is -0.481 e. The number of nitrogens with two attached hydrogens (primary N) is 1. The van der Waals surface area contributed by atoms with Crippen LogP contribution in [-0.4, -0.2) is 53.7 Å². The fourth-order valence-electron chi connectivity index (χ4n) is 5.55. The van der Waals surface area contributed by atoms with Crippen molar-refractivity contribution in [2.75, 3.05) is 42.3 Å². The van der Waals surface area contributed by atoms with E-state index in [0.29, 0.717) is 25.0 Å². The van der Waals surface area contributed by atoms with Crippen molar-refractivity contribution in [3.8, 4) is 5.88 Å². The van der Waals surface area contributed by atoms with Gasteiger partial charge in [-0.2, -0.15) is 9.97 Å². The van der Waals surface area contributed by atoms with Crippen LogP contribution >= 0.6 is 0 Å². The van der Waals surface area contributed by atoms with Gasteiger partial charge in [-0.25, -0.2) is 0 Å². The van der Waals surface area contributed by atoms with Crippen molar-refractivity contribution >= 4 is 29.3 Å². The number of fused-ring (bicyclic) bond motifs is 1. The van der Waals surface area contributed by atoms with Crippen molar-refractivity contribution in [3.63, 3.8) is 0 Å². The quantitative estimate of drug-likeness (QED) is 0.437. The topological polar surface area (TPSA) is 122 Å². The summed E-state index contributed by atoms with van der Waals surface area (Å²) >= 11 is 0.